The first-order valence-electron chi connectivity index (χ1n) is 6.29. The van der Waals surface area contributed by atoms with Crippen molar-refractivity contribution >= 4 is 17.6 Å². The third kappa shape index (κ3) is 4.04. The van der Waals surface area contributed by atoms with Crippen molar-refractivity contribution in [1.29, 1.82) is 5.41 Å². The van der Waals surface area contributed by atoms with Crippen LogP contribution in [0.15, 0.2) is 48.5 Å². The monoisotopic (exact) mass is 286 g/mol. The Morgan fingerprint density at radius 1 is 1.19 bits per heavy atom. The zero-order valence-corrected chi connectivity index (χ0v) is 11.2. The molecule has 6 heteroatoms. The van der Waals surface area contributed by atoms with E-state index in [1.165, 1.54) is 12.1 Å². The molecule has 0 radical (unpaired) electrons. The van der Waals surface area contributed by atoms with E-state index in [1.54, 1.807) is 0 Å². The van der Waals surface area contributed by atoms with Gasteiger partial charge in [-0.15, -0.1) is 0 Å². The number of urea groups is 1. The second-order valence-corrected chi connectivity index (χ2v) is 4.40. The van der Waals surface area contributed by atoms with E-state index >= 15 is 0 Å². The molecule has 0 saturated heterocycles. The van der Waals surface area contributed by atoms with Gasteiger partial charge in [0.1, 0.15) is 11.7 Å². The van der Waals surface area contributed by atoms with Crippen molar-refractivity contribution in [3.63, 3.8) is 0 Å². The lowest BCUT2D eigenvalue weighted by Crippen LogP contribution is -2.28. The summed E-state index contributed by atoms with van der Waals surface area (Å²) in [5.41, 5.74) is 6.51. The van der Waals surface area contributed by atoms with Crippen LogP contribution in [0.4, 0.5) is 14.9 Å². The van der Waals surface area contributed by atoms with Crippen molar-refractivity contribution < 1.29 is 9.18 Å². The number of nitrogens with two attached hydrogens (primary N) is 1. The summed E-state index contributed by atoms with van der Waals surface area (Å²) in [6.07, 6.45) is 0. The maximum absolute atomic E-state index is 13.7. The van der Waals surface area contributed by atoms with Gasteiger partial charge in [0.2, 0.25) is 0 Å². The van der Waals surface area contributed by atoms with E-state index in [9.17, 15) is 9.18 Å². The van der Waals surface area contributed by atoms with Crippen molar-refractivity contribution in [2.75, 3.05) is 5.32 Å². The molecule has 0 aliphatic heterocycles. The molecular formula is C15H15FN4O. The summed E-state index contributed by atoms with van der Waals surface area (Å²) in [5, 5.41) is 12.3. The molecule has 0 aromatic heterocycles. The third-order valence-electron chi connectivity index (χ3n) is 2.82. The predicted molar refractivity (Wildman–Crippen MR) is 79.7 cm³/mol. The number of halogens is 1. The van der Waals surface area contributed by atoms with Gasteiger partial charge in [-0.05, 0) is 23.8 Å². The Bertz CT molecular complexity index is 658. The third-order valence-corrected chi connectivity index (χ3v) is 2.82. The Balaban J connectivity index is 1.95. The number of rotatable bonds is 4. The van der Waals surface area contributed by atoms with Crippen LogP contribution in [0, 0.1) is 11.2 Å². The Hall–Kier alpha value is -2.89. The lowest BCUT2D eigenvalue weighted by atomic mass is 10.2. The van der Waals surface area contributed by atoms with E-state index in [-0.39, 0.29) is 17.1 Å². The van der Waals surface area contributed by atoms with Gasteiger partial charge < -0.3 is 16.4 Å². The van der Waals surface area contributed by atoms with Crippen LogP contribution in [0.3, 0.4) is 0 Å². The number of carbonyl (C=O) groups is 1. The molecule has 2 amide bonds. The number of anilines is 1. The molecule has 2 aromatic carbocycles. The lowest BCUT2D eigenvalue weighted by molar-refractivity contribution is 0.251. The number of amides is 2. The summed E-state index contributed by atoms with van der Waals surface area (Å²) in [7, 11) is 0. The largest absolute Gasteiger partial charge is 0.384 e. The highest BCUT2D eigenvalue weighted by molar-refractivity contribution is 5.96. The van der Waals surface area contributed by atoms with Gasteiger partial charge >= 0.3 is 6.03 Å². The molecule has 5 nitrogen and oxygen atoms in total. The van der Waals surface area contributed by atoms with Crippen molar-refractivity contribution in [3.8, 4) is 0 Å². The van der Waals surface area contributed by atoms with Crippen LogP contribution < -0.4 is 16.4 Å². The fourth-order valence-corrected chi connectivity index (χ4v) is 1.73. The van der Waals surface area contributed by atoms with E-state index in [1.807, 2.05) is 30.3 Å². The molecule has 0 heterocycles. The van der Waals surface area contributed by atoms with E-state index in [0.29, 0.717) is 6.54 Å². The molecule has 108 valence electrons. The molecule has 0 fully saturated rings. The van der Waals surface area contributed by atoms with Gasteiger partial charge in [-0.1, -0.05) is 30.3 Å². The first-order chi connectivity index (χ1) is 10.1. The molecule has 2 aromatic rings. The summed E-state index contributed by atoms with van der Waals surface area (Å²) in [6, 6.07) is 12.8. The summed E-state index contributed by atoms with van der Waals surface area (Å²) in [6.45, 7) is 0.347. The van der Waals surface area contributed by atoms with Gasteiger partial charge in [-0.2, -0.15) is 0 Å². The molecule has 2 rings (SSSR count). The molecule has 0 unspecified atom stereocenters. The number of benzene rings is 2. The second kappa shape index (κ2) is 6.51. The molecular weight excluding hydrogens is 271 g/mol. The quantitative estimate of drug-likeness (QED) is 0.513. The summed E-state index contributed by atoms with van der Waals surface area (Å²) < 4.78 is 13.7. The molecule has 0 spiro atoms. The van der Waals surface area contributed by atoms with Crippen molar-refractivity contribution in [1.82, 2.24) is 5.32 Å². The normalized spacial score (nSPS) is 9.95. The zero-order chi connectivity index (χ0) is 15.2. The Labute approximate surface area is 121 Å². The summed E-state index contributed by atoms with van der Waals surface area (Å²) in [5.74, 6) is -0.869. The minimum atomic E-state index is -0.641. The highest BCUT2D eigenvalue weighted by Crippen LogP contribution is 2.15. The Morgan fingerprint density at radius 2 is 1.90 bits per heavy atom. The second-order valence-electron chi connectivity index (χ2n) is 4.40. The fraction of sp³-hybridized carbons (Fsp3) is 0.0667. The van der Waals surface area contributed by atoms with E-state index < -0.39 is 11.8 Å². The number of carbonyl (C=O) groups excluding carboxylic acids is 1. The first-order valence-corrected chi connectivity index (χ1v) is 6.29. The molecule has 0 bridgehead atoms. The van der Waals surface area contributed by atoms with Crippen LogP contribution in [0.5, 0.6) is 0 Å². The lowest BCUT2D eigenvalue weighted by Gasteiger charge is -2.09. The van der Waals surface area contributed by atoms with Gasteiger partial charge in [0.05, 0.1) is 5.69 Å². The van der Waals surface area contributed by atoms with Crippen molar-refractivity contribution in [3.05, 3.63) is 65.5 Å². The average molecular weight is 286 g/mol. The Kier molecular flexibility index (Phi) is 4.50. The van der Waals surface area contributed by atoms with Crippen LogP contribution >= 0.6 is 0 Å². The summed E-state index contributed by atoms with van der Waals surface area (Å²) >= 11 is 0. The van der Waals surface area contributed by atoms with Crippen molar-refractivity contribution in [2.24, 2.45) is 5.73 Å². The fourth-order valence-electron chi connectivity index (χ4n) is 1.73. The molecule has 0 saturated carbocycles. The highest BCUT2D eigenvalue weighted by atomic mass is 19.1. The number of hydrogen-bond donors (Lipinski definition) is 4. The van der Waals surface area contributed by atoms with Crippen molar-refractivity contribution in [2.45, 2.75) is 6.54 Å². The first kappa shape index (κ1) is 14.5. The zero-order valence-electron chi connectivity index (χ0n) is 11.2. The van der Waals surface area contributed by atoms with E-state index in [4.69, 9.17) is 11.1 Å². The predicted octanol–water partition coefficient (Wildman–Crippen LogP) is 2.43. The van der Waals surface area contributed by atoms with Crippen LogP contribution in [0.2, 0.25) is 0 Å². The highest BCUT2D eigenvalue weighted by Gasteiger charge is 2.08. The molecule has 21 heavy (non-hydrogen) atoms. The van der Waals surface area contributed by atoms with Crippen LogP contribution in [0.1, 0.15) is 11.1 Å². The van der Waals surface area contributed by atoms with Gasteiger partial charge in [0.25, 0.3) is 0 Å². The van der Waals surface area contributed by atoms with Crippen LogP contribution in [-0.2, 0) is 6.54 Å². The maximum atomic E-state index is 13.7. The van der Waals surface area contributed by atoms with Gasteiger partial charge in [-0.3, -0.25) is 5.41 Å². The number of nitrogens with one attached hydrogen (secondary N) is 3. The van der Waals surface area contributed by atoms with Gasteiger partial charge in [0, 0.05) is 12.1 Å². The molecule has 0 aliphatic rings. The molecule has 0 aliphatic carbocycles. The Morgan fingerprint density at radius 3 is 2.52 bits per heavy atom. The minimum absolute atomic E-state index is 0.0329. The number of nitrogen functional groups attached to an aromatic ring is 1. The smallest absolute Gasteiger partial charge is 0.319 e. The van der Waals surface area contributed by atoms with Gasteiger partial charge in [0.15, 0.2) is 0 Å². The van der Waals surface area contributed by atoms with Crippen LogP contribution in [0.25, 0.3) is 0 Å². The average Bonchev–Trinajstić information content (AvgIpc) is 2.48. The van der Waals surface area contributed by atoms with Crippen LogP contribution in [-0.4, -0.2) is 11.9 Å². The molecule has 5 N–H and O–H groups in total. The van der Waals surface area contributed by atoms with E-state index in [2.05, 4.69) is 10.6 Å². The van der Waals surface area contributed by atoms with Gasteiger partial charge in [-0.25, -0.2) is 9.18 Å². The van der Waals surface area contributed by atoms with E-state index in [0.717, 1.165) is 11.6 Å². The minimum Gasteiger partial charge on any atom is -0.384 e. The summed E-state index contributed by atoms with van der Waals surface area (Å²) in [4.78, 5) is 11.7. The SMILES string of the molecule is N=C(N)c1ccc(NC(=O)NCc2ccccc2)c(F)c1. The molecule has 0 atom stereocenters. The topological polar surface area (TPSA) is 91.0 Å². The number of amidine groups is 1. The standard InChI is InChI=1S/C15H15FN4O/c16-12-8-11(14(17)18)6-7-13(12)20-15(21)19-9-10-4-2-1-3-5-10/h1-8H,9H2,(H3,17,18)(H2,19,20,21). The maximum Gasteiger partial charge on any atom is 0.319 e. The number of hydrogen-bond acceptors (Lipinski definition) is 2.